The van der Waals surface area contributed by atoms with E-state index in [1.54, 1.807) is 24.3 Å². The van der Waals surface area contributed by atoms with Gasteiger partial charge in [-0.3, -0.25) is 0 Å². The van der Waals surface area contributed by atoms with Crippen molar-refractivity contribution >= 4 is 5.69 Å². The van der Waals surface area contributed by atoms with Crippen molar-refractivity contribution in [3.63, 3.8) is 0 Å². The van der Waals surface area contributed by atoms with E-state index in [0.717, 1.165) is 4.90 Å². The molecule has 0 aliphatic carbocycles. The molecule has 2 atom stereocenters. The summed E-state index contributed by atoms with van der Waals surface area (Å²) in [6.07, 6.45) is -4.31. The van der Waals surface area contributed by atoms with Crippen LogP contribution in [0.25, 0.3) is 0 Å². The average molecular weight is 247 g/mol. The first kappa shape index (κ1) is 12.0. The summed E-state index contributed by atoms with van der Waals surface area (Å²) in [5, 5.41) is 8.91. The van der Waals surface area contributed by atoms with E-state index in [1.807, 2.05) is 0 Å². The van der Waals surface area contributed by atoms with Crippen LogP contribution in [0.5, 0.6) is 5.75 Å². The van der Waals surface area contributed by atoms with Gasteiger partial charge >= 0.3 is 6.18 Å². The fourth-order valence-corrected chi connectivity index (χ4v) is 1.95. The van der Waals surface area contributed by atoms with Gasteiger partial charge in [0.25, 0.3) is 0 Å². The maximum absolute atomic E-state index is 12.6. The Bertz CT molecular complexity index is 391. The van der Waals surface area contributed by atoms with E-state index < -0.39 is 24.9 Å². The van der Waals surface area contributed by atoms with E-state index in [2.05, 4.69) is 0 Å². The summed E-state index contributed by atoms with van der Waals surface area (Å²) in [7, 11) is 1.49. The predicted octanol–water partition coefficient (Wildman–Crippen LogP) is 1.81. The van der Waals surface area contributed by atoms with Crippen molar-refractivity contribution < 1.29 is 23.0 Å². The van der Waals surface area contributed by atoms with Gasteiger partial charge in [-0.25, -0.2) is 0 Å². The molecule has 2 rings (SSSR count). The number of anilines is 1. The van der Waals surface area contributed by atoms with Crippen molar-refractivity contribution in [3.05, 3.63) is 24.3 Å². The van der Waals surface area contributed by atoms with Crippen LogP contribution in [0, 0.1) is 0 Å². The van der Waals surface area contributed by atoms with Gasteiger partial charge in [-0.1, -0.05) is 0 Å². The predicted molar refractivity (Wildman–Crippen MR) is 56.2 cm³/mol. The number of hydrogen-bond acceptors (Lipinski definition) is 3. The molecule has 1 saturated heterocycles. The molecular weight excluding hydrogens is 235 g/mol. The molecule has 1 fully saturated rings. The molecule has 0 aromatic heterocycles. The van der Waals surface area contributed by atoms with Gasteiger partial charge in [0.2, 0.25) is 0 Å². The summed E-state index contributed by atoms with van der Waals surface area (Å²) in [6.45, 7) is -0.504. The largest absolute Gasteiger partial charge is 0.497 e. The number of aliphatic hydroxyl groups excluding tert-OH is 1. The highest BCUT2D eigenvalue weighted by molar-refractivity contribution is 5.58. The second-order valence-corrected chi connectivity index (χ2v) is 3.84. The number of methoxy groups -OCH3 is 1. The van der Waals surface area contributed by atoms with E-state index in [0.29, 0.717) is 11.4 Å². The van der Waals surface area contributed by atoms with Gasteiger partial charge in [-0.2, -0.15) is 13.2 Å². The first-order chi connectivity index (χ1) is 7.99. The maximum atomic E-state index is 12.6. The molecule has 0 radical (unpaired) electrons. The molecule has 0 spiro atoms. The Morgan fingerprint density at radius 1 is 1.29 bits per heavy atom. The number of ether oxygens (including phenoxy) is 1. The molecule has 94 valence electrons. The van der Waals surface area contributed by atoms with Gasteiger partial charge in [0.05, 0.1) is 19.8 Å². The van der Waals surface area contributed by atoms with Crippen LogP contribution in [-0.2, 0) is 0 Å². The first-order valence-corrected chi connectivity index (χ1v) is 5.09. The zero-order valence-electron chi connectivity index (χ0n) is 9.11. The first-order valence-electron chi connectivity index (χ1n) is 5.09. The summed E-state index contributed by atoms with van der Waals surface area (Å²) in [5.41, 5.74) is 0.437. The molecule has 6 heteroatoms. The number of benzene rings is 1. The van der Waals surface area contributed by atoms with Crippen LogP contribution in [0.2, 0.25) is 0 Å². The van der Waals surface area contributed by atoms with Crippen molar-refractivity contribution in [2.75, 3.05) is 18.6 Å². The third-order valence-corrected chi connectivity index (χ3v) is 2.82. The monoisotopic (exact) mass is 247 g/mol. The molecule has 1 aliphatic heterocycles. The molecule has 1 N–H and O–H groups in total. The third-order valence-electron chi connectivity index (χ3n) is 2.82. The Labute approximate surface area is 96.4 Å². The molecule has 1 aromatic rings. The number of halogens is 3. The number of rotatable bonds is 3. The van der Waals surface area contributed by atoms with E-state index in [1.165, 1.54) is 7.11 Å². The van der Waals surface area contributed by atoms with Crippen molar-refractivity contribution in [2.45, 2.75) is 18.3 Å². The van der Waals surface area contributed by atoms with Crippen LogP contribution in [0.3, 0.4) is 0 Å². The van der Waals surface area contributed by atoms with E-state index >= 15 is 0 Å². The molecule has 0 amide bonds. The Morgan fingerprint density at radius 2 is 1.88 bits per heavy atom. The van der Waals surface area contributed by atoms with Gasteiger partial charge in [-0.05, 0) is 24.3 Å². The van der Waals surface area contributed by atoms with Crippen molar-refractivity contribution in [2.24, 2.45) is 0 Å². The van der Waals surface area contributed by atoms with E-state index in [-0.39, 0.29) is 0 Å². The Hall–Kier alpha value is -1.43. The Kier molecular flexibility index (Phi) is 2.91. The van der Waals surface area contributed by atoms with Crippen molar-refractivity contribution in [3.8, 4) is 5.75 Å². The van der Waals surface area contributed by atoms with Crippen LogP contribution < -0.4 is 9.64 Å². The molecule has 0 unspecified atom stereocenters. The molecule has 1 heterocycles. The second-order valence-electron chi connectivity index (χ2n) is 3.84. The maximum Gasteiger partial charge on any atom is 0.410 e. The summed E-state index contributed by atoms with van der Waals surface area (Å²) in [6, 6.07) is 3.83. The van der Waals surface area contributed by atoms with E-state index in [9.17, 15) is 13.2 Å². The lowest BCUT2D eigenvalue weighted by Crippen LogP contribution is -2.22. The van der Waals surface area contributed by atoms with Crippen molar-refractivity contribution in [1.29, 1.82) is 0 Å². The normalized spacial score (nSPS) is 23.7. The lowest BCUT2D eigenvalue weighted by molar-refractivity contribution is -0.128. The Morgan fingerprint density at radius 3 is 2.24 bits per heavy atom. The number of aliphatic hydroxyl groups is 1. The number of alkyl halides is 3. The van der Waals surface area contributed by atoms with E-state index in [4.69, 9.17) is 9.84 Å². The highest BCUT2D eigenvalue weighted by Crippen LogP contribution is 2.44. The fourth-order valence-electron chi connectivity index (χ4n) is 1.95. The number of hydrogen-bond donors (Lipinski definition) is 1. The molecule has 0 bridgehead atoms. The SMILES string of the molecule is COc1ccc(N2[C@H](CO)[C@@H]2C(F)(F)F)cc1. The quantitative estimate of drug-likeness (QED) is 0.827. The number of nitrogens with zero attached hydrogens (tertiary/aromatic N) is 1. The van der Waals surface area contributed by atoms with Crippen LogP contribution in [0.1, 0.15) is 0 Å². The minimum Gasteiger partial charge on any atom is -0.497 e. The molecule has 17 heavy (non-hydrogen) atoms. The smallest absolute Gasteiger partial charge is 0.410 e. The summed E-state index contributed by atoms with van der Waals surface area (Å²) in [4.78, 5) is 1.15. The van der Waals surface area contributed by atoms with Crippen LogP contribution in [0.4, 0.5) is 18.9 Å². The summed E-state index contributed by atoms with van der Waals surface area (Å²) >= 11 is 0. The molecule has 1 aliphatic rings. The van der Waals surface area contributed by atoms with Gasteiger partial charge < -0.3 is 14.7 Å². The van der Waals surface area contributed by atoms with Gasteiger partial charge in [0, 0.05) is 5.69 Å². The zero-order chi connectivity index (χ0) is 12.6. The van der Waals surface area contributed by atoms with Crippen LogP contribution >= 0.6 is 0 Å². The molecule has 3 nitrogen and oxygen atoms in total. The standard InChI is InChI=1S/C11H12F3NO2/c1-17-8-4-2-7(3-5-8)15-9(6-16)10(15)11(12,13)14/h2-5,9-10,16H,6H2,1H3/t9-,10-,15?/m1/s1. The van der Waals surface area contributed by atoms with Gasteiger partial charge in [0.1, 0.15) is 11.8 Å². The minimum absolute atomic E-state index is 0.437. The minimum atomic E-state index is -4.31. The molecule has 0 saturated carbocycles. The lowest BCUT2D eigenvalue weighted by atomic mass is 10.3. The third kappa shape index (κ3) is 2.17. The average Bonchev–Trinajstić information content (AvgIpc) is 3.03. The molecule has 1 aromatic carbocycles. The highest BCUT2D eigenvalue weighted by atomic mass is 19.4. The summed E-state index contributed by atoms with van der Waals surface area (Å²) < 4.78 is 42.7. The second kappa shape index (κ2) is 4.10. The Balaban J connectivity index is 2.17. The topological polar surface area (TPSA) is 32.5 Å². The van der Waals surface area contributed by atoms with Gasteiger partial charge in [0.15, 0.2) is 0 Å². The van der Waals surface area contributed by atoms with Crippen molar-refractivity contribution in [1.82, 2.24) is 0 Å². The lowest BCUT2D eigenvalue weighted by Gasteiger charge is -2.08. The highest BCUT2D eigenvalue weighted by Gasteiger charge is 2.62. The van der Waals surface area contributed by atoms with Gasteiger partial charge in [-0.15, -0.1) is 0 Å². The zero-order valence-corrected chi connectivity index (χ0v) is 9.11. The van der Waals surface area contributed by atoms with Crippen LogP contribution in [-0.4, -0.2) is 37.1 Å². The molecular formula is C11H12F3NO2. The fraction of sp³-hybridized carbons (Fsp3) is 0.455. The van der Waals surface area contributed by atoms with Crippen LogP contribution in [0.15, 0.2) is 24.3 Å². The summed E-state index contributed by atoms with van der Waals surface area (Å²) in [5.74, 6) is 0.583.